The monoisotopic (exact) mass is 369 g/mol. The Morgan fingerprint density at radius 1 is 1.15 bits per heavy atom. The van der Waals surface area contributed by atoms with Crippen molar-refractivity contribution in [1.82, 2.24) is 4.57 Å². The van der Waals surface area contributed by atoms with Gasteiger partial charge in [0, 0.05) is 11.9 Å². The highest BCUT2D eigenvalue weighted by Gasteiger charge is 2.21. The number of benzene rings is 1. The molecule has 0 saturated heterocycles. The lowest BCUT2D eigenvalue weighted by Gasteiger charge is -2.09. The summed E-state index contributed by atoms with van der Waals surface area (Å²) in [7, 11) is 1.24. The van der Waals surface area contributed by atoms with Crippen LogP contribution in [0.15, 0.2) is 30.5 Å². The molecule has 0 aliphatic heterocycles. The number of rotatable bonds is 8. The smallest absolute Gasteiger partial charge is 0.357 e. The van der Waals surface area contributed by atoms with E-state index in [4.69, 9.17) is 20.5 Å². The van der Waals surface area contributed by atoms with Gasteiger partial charge in [-0.2, -0.15) is 5.26 Å². The van der Waals surface area contributed by atoms with Gasteiger partial charge in [0.2, 0.25) is 0 Å². The fraction of sp³-hybridized carbons (Fsp3) is 0.350. The SMILES string of the molecule is CCCCCCOC(=O)c1ccc(-n2cc(C#N)c(N)c2C(=O)OC)cc1. The number of nitrogens with zero attached hydrogens (tertiary/aromatic N) is 2. The summed E-state index contributed by atoms with van der Waals surface area (Å²) in [6.07, 6.45) is 5.59. The predicted octanol–water partition coefficient (Wildman–Crippen LogP) is 3.45. The Morgan fingerprint density at radius 3 is 2.44 bits per heavy atom. The van der Waals surface area contributed by atoms with Crippen LogP contribution < -0.4 is 5.73 Å². The third-order valence-corrected chi connectivity index (χ3v) is 4.16. The second-order valence-corrected chi connectivity index (χ2v) is 6.02. The molecular weight excluding hydrogens is 346 g/mol. The standard InChI is InChI=1S/C20H23N3O4/c1-3-4-5-6-11-27-19(24)14-7-9-16(10-8-14)23-13-15(12-21)17(22)18(23)20(25)26-2/h7-10,13H,3-6,11,22H2,1-2H3. The van der Waals surface area contributed by atoms with Crippen LogP contribution in [-0.4, -0.2) is 30.2 Å². The zero-order valence-electron chi connectivity index (χ0n) is 15.5. The van der Waals surface area contributed by atoms with Crippen molar-refractivity contribution in [1.29, 1.82) is 5.26 Å². The number of aromatic nitrogens is 1. The van der Waals surface area contributed by atoms with E-state index in [0.717, 1.165) is 25.7 Å². The highest BCUT2D eigenvalue weighted by Crippen LogP contribution is 2.25. The molecule has 0 fully saturated rings. The van der Waals surface area contributed by atoms with E-state index in [1.54, 1.807) is 24.3 Å². The number of carbonyl (C=O) groups is 2. The van der Waals surface area contributed by atoms with Crippen LogP contribution in [0, 0.1) is 11.3 Å². The molecule has 0 unspecified atom stereocenters. The van der Waals surface area contributed by atoms with Crippen molar-refractivity contribution in [2.75, 3.05) is 19.5 Å². The Hall–Kier alpha value is -3.27. The number of nitrogen functional groups attached to an aromatic ring is 1. The first kappa shape index (κ1) is 20.0. The normalized spacial score (nSPS) is 10.3. The van der Waals surface area contributed by atoms with Crippen molar-refractivity contribution in [3.8, 4) is 11.8 Å². The second kappa shape index (κ2) is 9.43. The second-order valence-electron chi connectivity index (χ2n) is 6.02. The van der Waals surface area contributed by atoms with Crippen LogP contribution >= 0.6 is 0 Å². The quantitative estimate of drug-likeness (QED) is 0.564. The minimum atomic E-state index is -0.649. The summed E-state index contributed by atoms with van der Waals surface area (Å²) in [6, 6.07) is 8.46. The van der Waals surface area contributed by atoms with Gasteiger partial charge in [0.05, 0.1) is 30.5 Å². The molecule has 1 aromatic carbocycles. The predicted molar refractivity (Wildman–Crippen MR) is 101 cm³/mol. The number of esters is 2. The average molecular weight is 369 g/mol. The van der Waals surface area contributed by atoms with Crippen LogP contribution in [0.3, 0.4) is 0 Å². The van der Waals surface area contributed by atoms with Gasteiger partial charge in [-0.3, -0.25) is 0 Å². The van der Waals surface area contributed by atoms with E-state index in [0.29, 0.717) is 17.9 Å². The Balaban J connectivity index is 2.17. The molecule has 0 saturated carbocycles. The largest absolute Gasteiger partial charge is 0.464 e. The summed E-state index contributed by atoms with van der Waals surface area (Å²) in [5.74, 6) is -1.04. The van der Waals surface area contributed by atoms with E-state index in [1.807, 2.05) is 6.07 Å². The fourth-order valence-corrected chi connectivity index (χ4v) is 2.65. The van der Waals surface area contributed by atoms with Crippen LogP contribution in [0.2, 0.25) is 0 Å². The van der Waals surface area contributed by atoms with E-state index in [1.165, 1.54) is 17.9 Å². The van der Waals surface area contributed by atoms with Crippen molar-refractivity contribution < 1.29 is 19.1 Å². The number of hydrogen-bond donors (Lipinski definition) is 1. The summed E-state index contributed by atoms with van der Waals surface area (Å²) in [5.41, 5.74) is 7.16. The van der Waals surface area contributed by atoms with Crippen LogP contribution in [0.4, 0.5) is 5.69 Å². The highest BCUT2D eigenvalue weighted by atomic mass is 16.5. The summed E-state index contributed by atoms with van der Waals surface area (Å²) < 4.78 is 11.5. The van der Waals surface area contributed by atoms with Gasteiger partial charge in [-0.25, -0.2) is 9.59 Å². The molecule has 1 heterocycles. The lowest BCUT2D eigenvalue weighted by Crippen LogP contribution is -2.11. The molecule has 7 heteroatoms. The summed E-state index contributed by atoms with van der Waals surface area (Å²) in [6.45, 7) is 2.52. The molecule has 2 aromatic rings. The number of unbranched alkanes of at least 4 members (excludes halogenated alkanes) is 3. The van der Waals surface area contributed by atoms with Gasteiger partial charge in [-0.1, -0.05) is 26.2 Å². The van der Waals surface area contributed by atoms with Gasteiger partial charge >= 0.3 is 11.9 Å². The van der Waals surface area contributed by atoms with E-state index < -0.39 is 11.9 Å². The Morgan fingerprint density at radius 2 is 1.85 bits per heavy atom. The molecule has 2 N–H and O–H groups in total. The Kier molecular flexibility index (Phi) is 7.00. The molecule has 0 aliphatic carbocycles. The number of carbonyl (C=O) groups excluding carboxylic acids is 2. The maximum absolute atomic E-state index is 12.1. The molecule has 2 rings (SSSR count). The molecule has 0 bridgehead atoms. The van der Waals surface area contributed by atoms with Crippen LogP contribution in [0.25, 0.3) is 5.69 Å². The van der Waals surface area contributed by atoms with Crippen molar-refractivity contribution >= 4 is 17.6 Å². The van der Waals surface area contributed by atoms with Crippen molar-refractivity contribution in [2.45, 2.75) is 32.6 Å². The number of hydrogen-bond acceptors (Lipinski definition) is 6. The Labute approximate surface area is 158 Å². The number of nitrogens with two attached hydrogens (primary N) is 1. The summed E-state index contributed by atoms with van der Waals surface area (Å²) in [4.78, 5) is 24.1. The van der Waals surface area contributed by atoms with Crippen LogP contribution in [0.5, 0.6) is 0 Å². The minimum absolute atomic E-state index is 0.0555. The number of nitriles is 1. The van der Waals surface area contributed by atoms with Gasteiger partial charge in [0.25, 0.3) is 0 Å². The number of anilines is 1. The first-order valence-electron chi connectivity index (χ1n) is 8.80. The lowest BCUT2D eigenvalue weighted by molar-refractivity contribution is 0.0497. The fourth-order valence-electron chi connectivity index (χ4n) is 2.65. The van der Waals surface area contributed by atoms with Crippen molar-refractivity contribution in [3.63, 3.8) is 0 Å². The third kappa shape index (κ3) is 4.67. The minimum Gasteiger partial charge on any atom is -0.464 e. The number of methoxy groups -OCH3 is 1. The molecular formula is C20H23N3O4. The van der Waals surface area contributed by atoms with Gasteiger partial charge in [-0.05, 0) is 30.7 Å². The zero-order chi connectivity index (χ0) is 19.8. The highest BCUT2D eigenvalue weighted by molar-refractivity contribution is 5.96. The number of ether oxygens (including phenoxy) is 2. The van der Waals surface area contributed by atoms with E-state index in [-0.39, 0.29) is 16.9 Å². The zero-order valence-corrected chi connectivity index (χ0v) is 15.5. The van der Waals surface area contributed by atoms with Crippen molar-refractivity contribution in [3.05, 3.63) is 47.3 Å². The Bertz CT molecular complexity index is 847. The van der Waals surface area contributed by atoms with Crippen LogP contribution in [0.1, 0.15) is 59.0 Å². The van der Waals surface area contributed by atoms with E-state index in [2.05, 4.69) is 6.92 Å². The van der Waals surface area contributed by atoms with E-state index >= 15 is 0 Å². The first-order chi connectivity index (χ1) is 13.0. The molecule has 1 aromatic heterocycles. The van der Waals surface area contributed by atoms with Crippen molar-refractivity contribution in [2.24, 2.45) is 0 Å². The van der Waals surface area contributed by atoms with E-state index in [9.17, 15) is 9.59 Å². The molecule has 0 spiro atoms. The van der Waals surface area contributed by atoms with Gasteiger partial charge < -0.3 is 19.8 Å². The maximum Gasteiger partial charge on any atom is 0.357 e. The lowest BCUT2D eigenvalue weighted by atomic mass is 10.2. The van der Waals surface area contributed by atoms with Gasteiger partial charge in [0.1, 0.15) is 6.07 Å². The molecule has 0 aliphatic rings. The maximum atomic E-state index is 12.1. The topological polar surface area (TPSA) is 107 Å². The van der Waals surface area contributed by atoms with Gasteiger partial charge in [0.15, 0.2) is 5.69 Å². The molecule has 27 heavy (non-hydrogen) atoms. The summed E-state index contributed by atoms with van der Waals surface area (Å²) >= 11 is 0. The van der Waals surface area contributed by atoms with Gasteiger partial charge in [-0.15, -0.1) is 0 Å². The third-order valence-electron chi connectivity index (χ3n) is 4.16. The molecule has 142 valence electrons. The molecule has 0 atom stereocenters. The average Bonchev–Trinajstić information content (AvgIpc) is 3.03. The first-order valence-corrected chi connectivity index (χ1v) is 8.80. The molecule has 0 radical (unpaired) electrons. The summed E-state index contributed by atoms with van der Waals surface area (Å²) in [5, 5.41) is 9.15. The van der Waals surface area contributed by atoms with Crippen LogP contribution in [-0.2, 0) is 9.47 Å². The molecule has 0 amide bonds. The molecule has 7 nitrogen and oxygen atoms in total.